The molecular formula is C18H15Ir. The van der Waals surface area contributed by atoms with Crippen molar-refractivity contribution in [1.29, 1.82) is 0 Å². The van der Waals surface area contributed by atoms with Gasteiger partial charge in [-0.05, 0) is 0 Å². The molecule has 0 aliphatic rings. The molecule has 3 aromatic carbocycles. The van der Waals surface area contributed by atoms with Crippen LogP contribution in [-0.4, -0.2) is 0 Å². The third-order valence-corrected chi connectivity index (χ3v) is 1.82. The molecule has 0 fully saturated rings. The van der Waals surface area contributed by atoms with Gasteiger partial charge in [0.1, 0.15) is 0 Å². The van der Waals surface area contributed by atoms with Crippen molar-refractivity contribution in [2.45, 2.75) is 0 Å². The van der Waals surface area contributed by atoms with Crippen molar-refractivity contribution < 1.29 is 20.1 Å². The van der Waals surface area contributed by atoms with Gasteiger partial charge in [0, 0.05) is 0 Å². The molecule has 0 saturated carbocycles. The smallest absolute Gasteiger partial charge is 0.184 e. The molecule has 0 bridgehead atoms. The van der Waals surface area contributed by atoms with E-state index in [1.165, 1.54) is 0 Å². The fourth-order valence-electron chi connectivity index (χ4n) is 1.03. The average molecular weight is 424 g/mol. The summed E-state index contributed by atoms with van der Waals surface area (Å²) in [5.41, 5.74) is 0. The van der Waals surface area contributed by atoms with E-state index in [9.17, 15) is 0 Å². The molecule has 3 rings (SSSR count). The molecule has 0 unspecified atom stereocenters. The fraction of sp³-hybridized carbons (Fsp3) is 0. The molecule has 0 nitrogen and oxygen atoms in total. The van der Waals surface area contributed by atoms with Gasteiger partial charge < -0.3 is 0 Å². The first-order chi connectivity index (χ1) is 9.00. The zero-order valence-corrected chi connectivity index (χ0v) is 12.9. The summed E-state index contributed by atoms with van der Waals surface area (Å²) < 4.78 is 0. The molecule has 0 spiro atoms. The van der Waals surface area contributed by atoms with Gasteiger partial charge in [-0.25, -0.2) is 0 Å². The van der Waals surface area contributed by atoms with Gasteiger partial charge in [0.15, 0.2) is 0 Å². The molecule has 0 aromatic heterocycles. The van der Waals surface area contributed by atoms with E-state index in [1.807, 2.05) is 91.0 Å². The second-order valence-corrected chi connectivity index (χ2v) is 3.23. The van der Waals surface area contributed by atoms with Crippen molar-refractivity contribution in [3.8, 4) is 0 Å². The summed E-state index contributed by atoms with van der Waals surface area (Å²) in [4.78, 5) is 0. The molecule has 0 atom stereocenters. The Kier molecular flexibility index (Phi) is 13.1. The normalized spacial score (nSPS) is 7.58. The van der Waals surface area contributed by atoms with Crippen molar-refractivity contribution in [3.63, 3.8) is 0 Å². The maximum absolute atomic E-state index is 2.89. The van der Waals surface area contributed by atoms with Gasteiger partial charge in [0.2, 0.25) is 0 Å². The summed E-state index contributed by atoms with van der Waals surface area (Å²) in [6, 6.07) is 37.5. The molecular weight excluding hydrogens is 408 g/mol. The number of hydrogen-bond acceptors (Lipinski definition) is 0. The first-order valence-electron chi connectivity index (χ1n) is 5.73. The van der Waals surface area contributed by atoms with Crippen molar-refractivity contribution in [1.82, 2.24) is 0 Å². The second kappa shape index (κ2) is 14.4. The first-order valence-corrected chi connectivity index (χ1v) is 5.73. The molecule has 0 amide bonds. The van der Waals surface area contributed by atoms with E-state index in [1.54, 1.807) is 0 Å². The SMILES string of the molecule is [Ir+3].[c-]1ccccc1.[c-]1ccccc1.[c-]1ccccc1. The Morgan fingerprint density at radius 1 is 0.316 bits per heavy atom. The summed E-state index contributed by atoms with van der Waals surface area (Å²) in [6.07, 6.45) is 0. The predicted octanol–water partition coefficient (Wildman–Crippen LogP) is 4.46. The zero-order chi connectivity index (χ0) is 12.7. The summed E-state index contributed by atoms with van der Waals surface area (Å²) in [6.45, 7) is 0. The monoisotopic (exact) mass is 424 g/mol. The Labute approximate surface area is 129 Å². The van der Waals surface area contributed by atoms with Crippen LogP contribution in [0.5, 0.6) is 0 Å². The third-order valence-electron chi connectivity index (χ3n) is 1.82. The van der Waals surface area contributed by atoms with Crippen LogP contribution in [0.3, 0.4) is 0 Å². The van der Waals surface area contributed by atoms with E-state index in [2.05, 4.69) is 18.2 Å². The van der Waals surface area contributed by atoms with Gasteiger partial charge in [-0.3, -0.25) is 0 Å². The van der Waals surface area contributed by atoms with Gasteiger partial charge >= 0.3 is 20.1 Å². The topological polar surface area (TPSA) is 0 Å². The van der Waals surface area contributed by atoms with E-state index in [-0.39, 0.29) is 20.1 Å². The maximum atomic E-state index is 2.89. The van der Waals surface area contributed by atoms with Crippen molar-refractivity contribution >= 4 is 0 Å². The van der Waals surface area contributed by atoms with Crippen LogP contribution in [0.15, 0.2) is 91.0 Å². The minimum Gasteiger partial charge on any atom is -0.184 e. The van der Waals surface area contributed by atoms with E-state index in [4.69, 9.17) is 0 Å². The first kappa shape index (κ1) is 17.3. The quantitative estimate of drug-likeness (QED) is 0.469. The molecule has 0 radical (unpaired) electrons. The Bertz CT molecular complexity index is 296. The fourth-order valence-corrected chi connectivity index (χ4v) is 1.03. The van der Waals surface area contributed by atoms with Crippen molar-refractivity contribution in [2.75, 3.05) is 0 Å². The third kappa shape index (κ3) is 12.6. The van der Waals surface area contributed by atoms with Crippen LogP contribution in [0.2, 0.25) is 0 Å². The Hall–Kier alpha value is -1.69. The largest absolute Gasteiger partial charge is 3.00 e. The Balaban J connectivity index is 0.000000249. The van der Waals surface area contributed by atoms with E-state index < -0.39 is 0 Å². The van der Waals surface area contributed by atoms with Crippen LogP contribution in [0, 0.1) is 18.2 Å². The van der Waals surface area contributed by atoms with Gasteiger partial charge in [-0.2, -0.15) is 109 Å². The molecule has 0 N–H and O–H groups in total. The van der Waals surface area contributed by atoms with Gasteiger partial charge in [0.05, 0.1) is 0 Å². The van der Waals surface area contributed by atoms with Crippen molar-refractivity contribution in [3.05, 3.63) is 109 Å². The summed E-state index contributed by atoms with van der Waals surface area (Å²) in [5.74, 6) is 0. The predicted molar refractivity (Wildman–Crippen MR) is 75.8 cm³/mol. The standard InChI is InChI=1S/3C6H5.Ir/c3*1-2-4-6-5-3-1;/h3*1-5H;/q3*-1;+3. The minimum atomic E-state index is 0. The summed E-state index contributed by atoms with van der Waals surface area (Å²) >= 11 is 0. The number of hydrogen-bond donors (Lipinski definition) is 0. The molecule has 0 saturated heterocycles. The Morgan fingerprint density at radius 2 is 0.526 bits per heavy atom. The minimum absolute atomic E-state index is 0. The van der Waals surface area contributed by atoms with Crippen LogP contribution in [-0.2, 0) is 20.1 Å². The molecule has 0 heterocycles. The van der Waals surface area contributed by atoms with Gasteiger partial charge in [0.25, 0.3) is 0 Å². The van der Waals surface area contributed by atoms with E-state index in [0.29, 0.717) is 0 Å². The molecule has 0 aliphatic carbocycles. The average Bonchev–Trinajstić information content (AvgIpc) is 2.54. The summed E-state index contributed by atoms with van der Waals surface area (Å²) in [5, 5.41) is 0. The zero-order valence-electron chi connectivity index (χ0n) is 10.5. The molecule has 3 aromatic rings. The number of benzene rings is 3. The van der Waals surface area contributed by atoms with E-state index in [0.717, 1.165) is 0 Å². The van der Waals surface area contributed by atoms with Crippen LogP contribution < -0.4 is 0 Å². The maximum Gasteiger partial charge on any atom is 3.00 e. The Morgan fingerprint density at radius 3 is 0.579 bits per heavy atom. The molecule has 1 heteroatoms. The van der Waals surface area contributed by atoms with Crippen LogP contribution >= 0.6 is 0 Å². The number of rotatable bonds is 0. The second-order valence-electron chi connectivity index (χ2n) is 3.23. The summed E-state index contributed by atoms with van der Waals surface area (Å²) in [7, 11) is 0. The molecule has 0 aliphatic heterocycles. The van der Waals surface area contributed by atoms with Crippen LogP contribution in [0.25, 0.3) is 0 Å². The van der Waals surface area contributed by atoms with Gasteiger partial charge in [-0.1, -0.05) is 0 Å². The van der Waals surface area contributed by atoms with Gasteiger partial charge in [-0.15, -0.1) is 0 Å². The molecule has 96 valence electrons. The molecule has 19 heavy (non-hydrogen) atoms. The van der Waals surface area contributed by atoms with Crippen LogP contribution in [0.4, 0.5) is 0 Å². The van der Waals surface area contributed by atoms with Crippen molar-refractivity contribution in [2.24, 2.45) is 0 Å². The van der Waals surface area contributed by atoms with Crippen LogP contribution in [0.1, 0.15) is 0 Å². The van der Waals surface area contributed by atoms with E-state index >= 15 is 0 Å².